The fraction of sp³-hybridized carbons (Fsp3) is 0.500. The van der Waals surface area contributed by atoms with E-state index in [-0.39, 0.29) is 23.3 Å². The molecule has 1 fully saturated rings. The smallest absolute Gasteiger partial charge is 0.124 e. The monoisotopic (exact) mass is 272 g/mol. The van der Waals surface area contributed by atoms with Gasteiger partial charge in [-0.1, -0.05) is 29.8 Å². The summed E-state index contributed by atoms with van der Waals surface area (Å²) < 4.78 is 14.0. The Morgan fingerprint density at radius 2 is 2.00 bits per heavy atom. The third-order valence-electron chi connectivity index (χ3n) is 3.60. The van der Waals surface area contributed by atoms with Crippen LogP contribution in [0.2, 0.25) is 0 Å². The van der Waals surface area contributed by atoms with E-state index in [2.05, 4.69) is 29.8 Å². The molecule has 0 aliphatic heterocycles. The van der Waals surface area contributed by atoms with Gasteiger partial charge in [0.05, 0.1) is 6.61 Å². The van der Waals surface area contributed by atoms with E-state index in [1.54, 1.807) is 0 Å². The number of hydrogen-bond donors (Lipinski definition) is 1. The minimum atomic E-state index is -0.255. The maximum atomic E-state index is 13.3. The van der Waals surface area contributed by atoms with Crippen LogP contribution in [0.4, 0.5) is 4.39 Å². The Kier molecular flexibility index (Phi) is 2.43. The Morgan fingerprint density at radius 1 is 1.40 bits per heavy atom. The quantitative estimate of drug-likeness (QED) is 0.877. The SMILES string of the molecule is CC1(C)CC1(CO)c1cc(F)cc(Br)c1. The van der Waals surface area contributed by atoms with Crippen LogP contribution in [0.25, 0.3) is 0 Å². The molecule has 0 amide bonds. The summed E-state index contributed by atoms with van der Waals surface area (Å²) in [6, 6.07) is 4.85. The van der Waals surface area contributed by atoms with Crippen LogP contribution in [0, 0.1) is 11.2 Å². The van der Waals surface area contributed by atoms with Crippen molar-refractivity contribution < 1.29 is 9.50 Å². The molecule has 0 bridgehead atoms. The van der Waals surface area contributed by atoms with E-state index < -0.39 is 0 Å². The molecule has 15 heavy (non-hydrogen) atoms. The Bertz CT molecular complexity index is 382. The van der Waals surface area contributed by atoms with Gasteiger partial charge in [-0.25, -0.2) is 4.39 Å². The summed E-state index contributed by atoms with van der Waals surface area (Å²) in [6.07, 6.45) is 0.909. The standard InChI is InChI=1S/C12H14BrFO/c1-11(2)6-12(11,7-15)8-3-9(13)5-10(14)4-8/h3-5,15H,6-7H2,1-2H3. The van der Waals surface area contributed by atoms with E-state index in [0.717, 1.165) is 16.5 Å². The maximum Gasteiger partial charge on any atom is 0.124 e. The third-order valence-corrected chi connectivity index (χ3v) is 4.06. The summed E-state index contributed by atoms with van der Waals surface area (Å²) in [5, 5.41) is 9.49. The van der Waals surface area contributed by atoms with Crippen LogP contribution in [0.3, 0.4) is 0 Å². The molecule has 1 aromatic carbocycles. The topological polar surface area (TPSA) is 20.2 Å². The number of aliphatic hydroxyl groups excluding tert-OH is 1. The van der Waals surface area contributed by atoms with E-state index in [4.69, 9.17) is 0 Å². The summed E-state index contributed by atoms with van der Waals surface area (Å²) >= 11 is 3.28. The van der Waals surface area contributed by atoms with Crippen molar-refractivity contribution in [1.82, 2.24) is 0 Å². The average molecular weight is 273 g/mol. The van der Waals surface area contributed by atoms with Crippen LogP contribution < -0.4 is 0 Å². The van der Waals surface area contributed by atoms with Crippen molar-refractivity contribution in [3.8, 4) is 0 Å². The van der Waals surface area contributed by atoms with Crippen LogP contribution in [0.15, 0.2) is 22.7 Å². The van der Waals surface area contributed by atoms with E-state index in [1.807, 2.05) is 6.07 Å². The summed E-state index contributed by atoms with van der Waals surface area (Å²) in [5.74, 6) is -0.255. The zero-order chi connectivity index (χ0) is 11.3. The van der Waals surface area contributed by atoms with Crippen LogP contribution in [-0.2, 0) is 5.41 Å². The molecular formula is C12H14BrFO. The molecule has 0 saturated heterocycles. The second kappa shape index (κ2) is 3.29. The van der Waals surface area contributed by atoms with Gasteiger partial charge in [0.2, 0.25) is 0 Å². The zero-order valence-electron chi connectivity index (χ0n) is 8.85. The van der Waals surface area contributed by atoms with Gasteiger partial charge < -0.3 is 5.11 Å². The van der Waals surface area contributed by atoms with E-state index in [1.165, 1.54) is 12.1 Å². The molecule has 1 unspecified atom stereocenters. The van der Waals surface area contributed by atoms with Crippen LogP contribution in [0.5, 0.6) is 0 Å². The zero-order valence-corrected chi connectivity index (χ0v) is 10.4. The lowest BCUT2D eigenvalue weighted by atomic mass is 9.89. The molecule has 1 atom stereocenters. The molecule has 1 aliphatic carbocycles. The summed E-state index contributed by atoms with van der Waals surface area (Å²) in [7, 11) is 0. The van der Waals surface area contributed by atoms with Crippen molar-refractivity contribution in [2.24, 2.45) is 5.41 Å². The molecule has 1 aromatic rings. The van der Waals surface area contributed by atoms with Gasteiger partial charge in [-0.05, 0) is 35.6 Å². The number of benzene rings is 1. The highest BCUT2D eigenvalue weighted by atomic mass is 79.9. The fourth-order valence-corrected chi connectivity index (χ4v) is 2.86. The molecule has 0 aromatic heterocycles. The first-order valence-electron chi connectivity index (χ1n) is 4.99. The second-order valence-electron chi connectivity index (χ2n) is 4.96. The van der Waals surface area contributed by atoms with Gasteiger partial charge >= 0.3 is 0 Å². The summed E-state index contributed by atoms with van der Waals surface area (Å²) in [5.41, 5.74) is 0.703. The second-order valence-corrected chi connectivity index (χ2v) is 5.87. The Hall–Kier alpha value is -0.410. The Morgan fingerprint density at radius 3 is 2.40 bits per heavy atom. The molecule has 1 nitrogen and oxygen atoms in total. The molecule has 0 radical (unpaired) electrons. The first-order chi connectivity index (χ1) is 6.91. The normalized spacial score (nSPS) is 27.8. The highest BCUT2D eigenvalue weighted by Crippen LogP contribution is 2.64. The van der Waals surface area contributed by atoms with Crippen LogP contribution >= 0.6 is 15.9 Å². The van der Waals surface area contributed by atoms with Gasteiger partial charge in [0, 0.05) is 9.89 Å². The molecular weight excluding hydrogens is 259 g/mol. The van der Waals surface area contributed by atoms with Crippen molar-refractivity contribution in [2.45, 2.75) is 25.7 Å². The number of halogens is 2. The van der Waals surface area contributed by atoms with Crippen LogP contribution in [0.1, 0.15) is 25.8 Å². The van der Waals surface area contributed by atoms with Crippen LogP contribution in [-0.4, -0.2) is 11.7 Å². The van der Waals surface area contributed by atoms with Crippen molar-refractivity contribution in [2.75, 3.05) is 6.61 Å². The lowest BCUT2D eigenvalue weighted by molar-refractivity contribution is 0.231. The largest absolute Gasteiger partial charge is 0.395 e. The highest BCUT2D eigenvalue weighted by Gasteiger charge is 2.61. The highest BCUT2D eigenvalue weighted by molar-refractivity contribution is 9.10. The lowest BCUT2D eigenvalue weighted by Crippen LogP contribution is -2.19. The van der Waals surface area contributed by atoms with E-state index >= 15 is 0 Å². The van der Waals surface area contributed by atoms with Gasteiger partial charge in [0.15, 0.2) is 0 Å². The van der Waals surface area contributed by atoms with Gasteiger partial charge in [0.25, 0.3) is 0 Å². The van der Waals surface area contributed by atoms with Gasteiger partial charge in [-0.15, -0.1) is 0 Å². The number of aliphatic hydroxyl groups is 1. The van der Waals surface area contributed by atoms with Gasteiger partial charge in [0.1, 0.15) is 5.82 Å². The van der Waals surface area contributed by atoms with E-state index in [9.17, 15) is 9.50 Å². The maximum absolute atomic E-state index is 13.3. The minimum Gasteiger partial charge on any atom is -0.395 e. The van der Waals surface area contributed by atoms with Crippen molar-refractivity contribution in [1.29, 1.82) is 0 Å². The number of hydrogen-bond acceptors (Lipinski definition) is 1. The third kappa shape index (κ3) is 1.62. The van der Waals surface area contributed by atoms with E-state index in [0.29, 0.717) is 0 Å². The number of rotatable bonds is 2. The first-order valence-corrected chi connectivity index (χ1v) is 5.78. The molecule has 3 heteroatoms. The Labute approximate surface area is 97.4 Å². The Balaban J connectivity index is 2.46. The molecule has 1 N–H and O–H groups in total. The van der Waals surface area contributed by atoms with Crippen molar-refractivity contribution in [3.63, 3.8) is 0 Å². The lowest BCUT2D eigenvalue weighted by Gasteiger charge is -2.18. The molecule has 0 spiro atoms. The molecule has 1 aliphatic rings. The van der Waals surface area contributed by atoms with Gasteiger partial charge in [-0.3, -0.25) is 0 Å². The van der Waals surface area contributed by atoms with Crippen molar-refractivity contribution >= 4 is 15.9 Å². The molecule has 82 valence electrons. The summed E-state index contributed by atoms with van der Waals surface area (Å²) in [4.78, 5) is 0. The molecule has 0 heterocycles. The molecule has 2 rings (SSSR count). The first kappa shape index (κ1) is 11.1. The van der Waals surface area contributed by atoms with Gasteiger partial charge in [-0.2, -0.15) is 0 Å². The van der Waals surface area contributed by atoms with Crippen molar-refractivity contribution in [3.05, 3.63) is 34.1 Å². The molecule has 1 saturated carbocycles. The predicted molar refractivity (Wildman–Crippen MR) is 61.3 cm³/mol. The fourth-order valence-electron chi connectivity index (χ4n) is 2.39. The average Bonchev–Trinajstić information content (AvgIpc) is 2.68. The minimum absolute atomic E-state index is 0.0645. The summed E-state index contributed by atoms with van der Waals surface area (Å²) in [6.45, 7) is 4.28. The predicted octanol–water partition coefficient (Wildman–Crippen LogP) is 3.25.